The molecule has 6 heteroatoms. The van der Waals surface area contributed by atoms with Gasteiger partial charge in [-0.25, -0.2) is 0 Å². The van der Waals surface area contributed by atoms with Crippen LogP contribution < -0.4 is 15.0 Å². The average molecular weight is 423 g/mol. The molecule has 1 saturated heterocycles. The largest absolute Gasteiger partial charge is 0.489 e. The van der Waals surface area contributed by atoms with Crippen molar-refractivity contribution in [3.63, 3.8) is 0 Å². The lowest BCUT2D eigenvalue weighted by Gasteiger charge is -2.31. The van der Waals surface area contributed by atoms with Crippen LogP contribution >= 0.6 is 11.6 Å². The summed E-state index contributed by atoms with van der Waals surface area (Å²) in [5.74, 6) is 0.522. The molecule has 1 fully saturated rings. The van der Waals surface area contributed by atoms with Crippen LogP contribution in [0.15, 0.2) is 72.8 Å². The van der Waals surface area contributed by atoms with E-state index in [4.69, 9.17) is 21.1 Å². The molecule has 5 nitrogen and oxygen atoms in total. The fourth-order valence-corrected chi connectivity index (χ4v) is 3.66. The summed E-state index contributed by atoms with van der Waals surface area (Å²) in [6.45, 7) is 3.24. The fourth-order valence-electron chi connectivity index (χ4n) is 3.36. The Labute approximate surface area is 181 Å². The lowest BCUT2D eigenvalue weighted by atomic mass is 10.1. The van der Waals surface area contributed by atoms with Gasteiger partial charge in [-0.15, -0.1) is 0 Å². The van der Waals surface area contributed by atoms with Crippen LogP contribution in [0.4, 0.5) is 11.4 Å². The van der Waals surface area contributed by atoms with Crippen molar-refractivity contribution in [3.8, 4) is 5.75 Å². The highest BCUT2D eigenvalue weighted by atomic mass is 35.5. The van der Waals surface area contributed by atoms with Gasteiger partial charge in [0.2, 0.25) is 0 Å². The van der Waals surface area contributed by atoms with E-state index in [9.17, 15) is 4.79 Å². The van der Waals surface area contributed by atoms with Crippen LogP contribution in [0, 0.1) is 0 Å². The predicted molar refractivity (Wildman–Crippen MR) is 120 cm³/mol. The number of morpholine rings is 1. The minimum atomic E-state index is -0.193. The molecule has 0 atom stereocenters. The number of carbonyl (C=O) groups is 1. The Hall–Kier alpha value is -3.02. The van der Waals surface area contributed by atoms with Crippen LogP contribution in [-0.2, 0) is 11.3 Å². The maximum atomic E-state index is 12.8. The Kier molecular flexibility index (Phi) is 6.52. The van der Waals surface area contributed by atoms with Crippen LogP contribution in [0.1, 0.15) is 15.9 Å². The van der Waals surface area contributed by atoms with E-state index in [1.54, 1.807) is 24.3 Å². The summed E-state index contributed by atoms with van der Waals surface area (Å²) in [5.41, 5.74) is 3.17. The number of hydrogen-bond acceptors (Lipinski definition) is 4. The third-order valence-electron chi connectivity index (χ3n) is 4.93. The number of benzene rings is 3. The normalized spacial score (nSPS) is 13.7. The molecule has 0 aromatic heterocycles. The number of amides is 1. The fraction of sp³-hybridized carbons (Fsp3) is 0.208. The Bertz CT molecular complexity index is 987. The molecule has 3 aromatic rings. The summed E-state index contributed by atoms with van der Waals surface area (Å²) in [7, 11) is 0. The van der Waals surface area contributed by atoms with E-state index < -0.39 is 0 Å². The number of para-hydroxylation sites is 1. The second-order valence-electron chi connectivity index (χ2n) is 6.99. The highest BCUT2D eigenvalue weighted by Crippen LogP contribution is 2.34. The monoisotopic (exact) mass is 422 g/mol. The quantitative estimate of drug-likeness (QED) is 0.606. The first-order valence-corrected chi connectivity index (χ1v) is 10.3. The Morgan fingerprint density at radius 3 is 2.43 bits per heavy atom. The number of halogens is 1. The molecule has 1 aliphatic rings. The van der Waals surface area contributed by atoms with Crippen molar-refractivity contribution in [1.82, 2.24) is 0 Å². The van der Waals surface area contributed by atoms with Crippen molar-refractivity contribution >= 4 is 28.9 Å². The van der Waals surface area contributed by atoms with Gasteiger partial charge in [-0.3, -0.25) is 4.79 Å². The highest BCUT2D eigenvalue weighted by Gasteiger charge is 2.19. The standard InChI is InChI=1S/C24H23ClN2O3/c25-21-7-4-8-22(23(21)27-13-15-29-16-14-27)26-24(28)19-9-11-20(12-10-19)30-17-18-5-2-1-3-6-18/h1-12H,13-17H2,(H,26,28). The van der Waals surface area contributed by atoms with Crippen molar-refractivity contribution in [2.45, 2.75) is 6.61 Å². The van der Waals surface area contributed by atoms with Crippen molar-refractivity contribution in [1.29, 1.82) is 0 Å². The van der Waals surface area contributed by atoms with Gasteiger partial charge in [0, 0.05) is 18.7 Å². The second kappa shape index (κ2) is 9.65. The molecule has 0 bridgehead atoms. The minimum Gasteiger partial charge on any atom is -0.489 e. The lowest BCUT2D eigenvalue weighted by Crippen LogP contribution is -2.37. The van der Waals surface area contributed by atoms with Crippen LogP contribution in [0.2, 0.25) is 5.02 Å². The van der Waals surface area contributed by atoms with Gasteiger partial charge in [0.25, 0.3) is 5.91 Å². The van der Waals surface area contributed by atoms with Gasteiger partial charge in [-0.2, -0.15) is 0 Å². The van der Waals surface area contributed by atoms with Crippen LogP contribution in [0.25, 0.3) is 0 Å². The molecule has 1 aliphatic heterocycles. The Balaban J connectivity index is 1.43. The van der Waals surface area contributed by atoms with Gasteiger partial charge in [0.15, 0.2) is 0 Å². The number of ether oxygens (including phenoxy) is 2. The van der Waals surface area contributed by atoms with Crippen LogP contribution in [0.5, 0.6) is 5.75 Å². The van der Waals surface area contributed by atoms with Gasteiger partial charge in [0.05, 0.1) is 29.6 Å². The first-order chi connectivity index (χ1) is 14.7. The molecule has 4 rings (SSSR count). The molecule has 0 aliphatic carbocycles. The average Bonchev–Trinajstić information content (AvgIpc) is 2.79. The van der Waals surface area contributed by atoms with Gasteiger partial charge >= 0.3 is 0 Å². The Morgan fingerprint density at radius 1 is 0.967 bits per heavy atom. The molecule has 0 radical (unpaired) electrons. The van der Waals surface area contributed by atoms with Gasteiger partial charge in [0.1, 0.15) is 12.4 Å². The molecule has 3 aromatic carbocycles. The van der Waals surface area contributed by atoms with Gasteiger partial charge < -0.3 is 19.7 Å². The van der Waals surface area contributed by atoms with Gasteiger partial charge in [-0.05, 0) is 42.0 Å². The maximum Gasteiger partial charge on any atom is 0.255 e. The molecule has 30 heavy (non-hydrogen) atoms. The van der Waals surface area contributed by atoms with E-state index in [-0.39, 0.29) is 5.91 Å². The summed E-state index contributed by atoms with van der Waals surface area (Å²) in [6.07, 6.45) is 0. The number of carbonyl (C=O) groups excluding carboxylic acids is 1. The molecule has 0 unspecified atom stereocenters. The van der Waals surface area contributed by atoms with Crippen LogP contribution in [-0.4, -0.2) is 32.2 Å². The van der Waals surface area contributed by atoms with Crippen molar-refractivity contribution in [3.05, 3.63) is 88.9 Å². The third kappa shape index (κ3) is 4.93. The molecule has 1 amide bonds. The van der Waals surface area contributed by atoms with E-state index >= 15 is 0 Å². The number of rotatable bonds is 6. The van der Waals surface area contributed by atoms with Crippen molar-refractivity contribution < 1.29 is 14.3 Å². The molecular formula is C24H23ClN2O3. The first kappa shape index (κ1) is 20.3. The summed E-state index contributed by atoms with van der Waals surface area (Å²) in [5, 5.41) is 3.61. The van der Waals surface area contributed by atoms with E-state index in [1.165, 1.54) is 0 Å². The zero-order valence-corrected chi connectivity index (χ0v) is 17.3. The smallest absolute Gasteiger partial charge is 0.255 e. The summed E-state index contributed by atoms with van der Waals surface area (Å²) >= 11 is 6.45. The number of hydrogen-bond donors (Lipinski definition) is 1. The molecule has 1 N–H and O–H groups in total. The van der Waals surface area contributed by atoms with E-state index in [0.717, 1.165) is 24.3 Å². The predicted octanol–water partition coefficient (Wildman–Crippen LogP) is 5.01. The molecule has 0 saturated carbocycles. The van der Waals surface area contributed by atoms with Crippen molar-refractivity contribution in [2.24, 2.45) is 0 Å². The summed E-state index contributed by atoms with van der Waals surface area (Å²) in [4.78, 5) is 15.0. The number of anilines is 2. The van der Waals surface area contributed by atoms with E-state index in [2.05, 4.69) is 10.2 Å². The molecule has 154 valence electrons. The Morgan fingerprint density at radius 2 is 1.70 bits per heavy atom. The first-order valence-electron chi connectivity index (χ1n) is 9.90. The SMILES string of the molecule is O=C(Nc1cccc(Cl)c1N1CCOCC1)c1ccc(OCc2ccccc2)cc1. The van der Waals surface area contributed by atoms with E-state index in [0.29, 0.717) is 41.8 Å². The lowest BCUT2D eigenvalue weighted by molar-refractivity contribution is 0.102. The van der Waals surface area contributed by atoms with Crippen molar-refractivity contribution in [2.75, 3.05) is 36.5 Å². The zero-order valence-electron chi connectivity index (χ0n) is 16.5. The molecule has 1 heterocycles. The summed E-state index contributed by atoms with van der Waals surface area (Å²) < 4.78 is 11.2. The maximum absolute atomic E-state index is 12.8. The zero-order chi connectivity index (χ0) is 20.8. The number of nitrogens with one attached hydrogen (secondary N) is 1. The highest BCUT2D eigenvalue weighted by molar-refractivity contribution is 6.34. The topological polar surface area (TPSA) is 50.8 Å². The molecule has 0 spiro atoms. The minimum absolute atomic E-state index is 0.193. The molecular weight excluding hydrogens is 400 g/mol. The second-order valence-corrected chi connectivity index (χ2v) is 7.40. The summed E-state index contributed by atoms with van der Waals surface area (Å²) in [6, 6.07) is 22.6. The van der Waals surface area contributed by atoms with Crippen LogP contribution in [0.3, 0.4) is 0 Å². The van der Waals surface area contributed by atoms with E-state index in [1.807, 2.05) is 48.5 Å². The van der Waals surface area contributed by atoms with Gasteiger partial charge in [-0.1, -0.05) is 48.0 Å². The number of nitrogens with zero attached hydrogens (tertiary/aromatic N) is 1. The third-order valence-corrected chi connectivity index (χ3v) is 5.23.